The van der Waals surface area contributed by atoms with E-state index in [4.69, 9.17) is 10.5 Å². The molecule has 0 bridgehead atoms. The summed E-state index contributed by atoms with van der Waals surface area (Å²) >= 11 is 0. The number of nitrogens with two attached hydrogens (primary N) is 1. The van der Waals surface area contributed by atoms with Gasteiger partial charge in [0, 0.05) is 30.8 Å². The summed E-state index contributed by atoms with van der Waals surface area (Å²) in [5.74, 6) is 0.122. The molecule has 5 nitrogen and oxygen atoms in total. The number of piperidine rings is 1. The van der Waals surface area contributed by atoms with E-state index in [1.807, 2.05) is 0 Å². The minimum atomic E-state index is -2.61. The molecular weight excluding hydrogens is 333 g/mol. The molecule has 0 spiro atoms. The average Bonchev–Trinajstić information content (AvgIpc) is 2.61. The molecule has 8 heteroatoms. The Morgan fingerprint density at radius 2 is 2.00 bits per heavy atom. The van der Waals surface area contributed by atoms with Gasteiger partial charge in [-0.2, -0.15) is 0 Å². The van der Waals surface area contributed by atoms with Crippen LogP contribution in [0.3, 0.4) is 0 Å². The zero-order chi connectivity index (χ0) is 17.8. The molecule has 0 aliphatic carbocycles. The Hall–Kier alpha value is -2.35. The molecular formula is C17H19F3N4O. The van der Waals surface area contributed by atoms with Gasteiger partial charge in [-0.1, -0.05) is 0 Å². The summed E-state index contributed by atoms with van der Waals surface area (Å²) in [5.41, 5.74) is 6.53. The van der Waals surface area contributed by atoms with E-state index in [1.54, 1.807) is 6.20 Å². The lowest BCUT2D eigenvalue weighted by molar-refractivity contribution is 0.0817. The van der Waals surface area contributed by atoms with E-state index < -0.39 is 18.8 Å². The van der Waals surface area contributed by atoms with Gasteiger partial charge in [-0.25, -0.2) is 18.2 Å². The predicted octanol–water partition coefficient (Wildman–Crippen LogP) is 2.85. The smallest absolute Gasteiger partial charge is 0.272 e. The van der Waals surface area contributed by atoms with Crippen LogP contribution in [0.1, 0.15) is 12.8 Å². The van der Waals surface area contributed by atoms with Crippen molar-refractivity contribution >= 4 is 5.82 Å². The van der Waals surface area contributed by atoms with Crippen molar-refractivity contribution in [2.45, 2.75) is 25.3 Å². The van der Waals surface area contributed by atoms with Crippen molar-refractivity contribution in [1.82, 2.24) is 9.97 Å². The van der Waals surface area contributed by atoms with Crippen LogP contribution in [0.5, 0.6) is 5.75 Å². The van der Waals surface area contributed by atoms with Gasteiger partial charge >= 0.3 is 0 Å². The normalized spacial score (nSPS) is 15.6. The third kappa shape index (κ3) is 4.39. The molecule has 1 aromatic heterocycles. The summed E-state index contributed by atoms with van der Waals surface area (Å²) in [6, 6.07) is 4.17. The highest BCUT2D eigenvalue weighted by atomic mass is 19.3. The SMILES string of the molecule is NC1CCN(c2cncc(-c3ccc(OCC(F)F)cc3F)n2)CC1. The van der Waals surface area contributed by atoms with Crippen molar-refractivity contribution in [3.8, 4) is 17.0 Å². The van der Waals surface area contributed by atoms with Gasteiger partial charge in [0.15, 0.2) is 0 Å². The van der Waals surface area contributed by atoms with Gasteiger partial charge in [0.25, 0.3) is 6.43 Å². The third-order valence-corrected chi connectivity index (χ3v) is 4.08. The van der Waals surface area contributed by atoms with Crippen molar-refractivity contribution in [2.24, 2.45) is 5.73 Å². The second-order valence-corrected chi connectivity index (χ2v) is 5.93. The summed E-state index contributed by atoms with van der Waals surface area (Å²) in [7, 11) is 0. The van der Waals surface area contributed by atoms with Crippen LogP contribution in [-0.4, -0.2) is 42.1 Å². The molecule has 1 saturated heterocycles. The minimum absolute atomic E-state index is 0.0516. The molecule has 1 fully saturated rings. The van der Waals surface area contributed by atoms with Gasteiger partial charge in [-0.15, -0.1) is 0 Å². The number of benzene rings is 1. The topological polar surface area (TPSA) is 64.3 Å². The van der Waals surface area contributed by atoms with Gasteiger partial charge in [-0.3, -0.25) is 4.98 Å². The fraction of sp³-hybridized carbons (Fsp3) is 0.412. The van der Waals surface area contributed by atoms with Crippen molar-refractivity contribution < 1.29 is 17.9 Å². The first-order valence-corrected chi connectivity index (χ1v) is 8.06. The van der Waals surface area contributed by atoms with Crippen molar-refractivity contribution in [3.05, 3.63) is 36.4 Å². The summed E-state index contributed by atoms with van der Waals surface area (Å²) in [6.07, 6.45) is 2.24. The highest BCUT2D eigenvalue weighted by Crippen LogP contribution is 2.26. The predicted molar refractivity (Wildman–Crippen MR) is 88.3 cm³/mol. The van der Waals surface area contributed by atoms with Crippen LogP contribution in [-0.2, 0) is 0 Å². The molecule has 134 valence electrons. The van der Waals surface area contributed by atoms with Crippen LogP contribution in [0, 0.1) is 5.82 Å². The number of halogens is 3. The van der Waals surface area contributed by atoms with Crippen LogP contribution in [0.15, 0.2) is 30.6 Å². The van der Waals surface area contributed by atoms with Crippen LogP contribution < -0.4 is 15.4 Å². The summed E-state index contributed by atoms with van der Waals surface area (Å²) in [6.45, 7) is 0.787. The summed E-state index contributed by atoms with van der Waals surface area (Å²) in [4.78, 5) is 10.7. The van der Waals surface area contributed by atoms with E-state index >= 15 is 0 Å². The molecule has 0 saturated carbocycles. The van der Waals surface area contributed by atoms with Crippen LogP contribution in [0.4, 0.5) is 19.0 Å². The summed E-state index contributed by atoms with van der Waals surface area (Å²) < 4.78 is 43.5. The van der Waals surface area contributed by atoms with Crippen molar-refractivity contribution in [3.63, 3.8) is 0 Å². The van der Waals surface area contributed by atoms with E-state index in [9.17, 15) is 13.2 Å². The second-order valence-electron chi connectivity index (χ2n) is 5.93. The molecule has 1 aliphatic heterocycles. The Bertz CT molecular complexity index is 721. The monoisotopic (exact) mass is 352 g/mol. The molecule has 25 heavy (non-hydrogen) atoms. The zero-order valence-corrected chi connectivity index (χ0v) is 13.5. The number of aromatic nitrogens is 2. The van der Waals surface area contributed by atoms with E-state index in [-0.39, 0.29) is 17.4 Å². The number of nitrogens with zero attached hydrogens (tertiary/aromatic N) is 3. The minimum Gasteiger partial charge on any atom is -0.488 e. The maximum absolute atomic E-state index is 14.3. The van der Waals surface area contributed by atoms with Gasteiger partial charge < -0.3 is 15.4 Å². The average molecular weight is 352 g/mol. The maximum Gasteiger partial charge on any atom is 0.272 e. The van der Waals surface area contributed by atoms with Gasteiger partial charge in [0.05, 0.1) is 18.1 Å². The molecule has 2 aromatic rings. The van der Waals surface area contributed by atoms with Crippen LogP contribution >= 0.6 is 0 Å². The Labute approximate surface area is 143 Å². The van der Waals surface area contributed by atoms with Gasteiger partial charge in [-0.05, 0) is 25.0 Å². The van der Waals surface area contributed by atoms with Crippen molar-refractivity contribution in [2.75, 3.05) is 24.6 Å². The Kier molecular flexibility index (Phi) is 5.37. The Balaban J connectivity index is 1.78. The molecule has 0 radical (unpaired) electrons. The van der Waals surface area contributed by atoms with E-state index in [0.717, 1.165) is 32.0 Å². The first kappa shape index (κ1) is 17.5. The van der Waals surface area contributed by atoms with E-state index in [0.29, 0.717) is 11.5 Å². The van der Waals surface area contributed by atoms with Gasteiger partial charge in [0.1, 0.15) is 24.0 Å². The Morgan fingerprint density at radius 3 is 2.68 bits per heavy atom. The number of hydrogen-bond donors (Lipinski definition) is 1. The fourth-order valence-corrected chi connectivity index (χ4v) is 2.72. The molecule has 3 rings (SSSR count). The highest BCUT2D eigenvalue weighted by molar-refractivity contribution is 5.62. The van der Waals surface area contributed by atoms with Crippen LogP contribution in [0.2, 0.25) is 0 Å². The Morgan fingerprint density at radius 1 is 1.24 bits per heavy atom. The van der Waals surface area contributed by atoms with E-state index in [2.05, 4.69) is 14.9 Å². The third-order valence-electron chi connectivity index (χ3n) is 4.08. The molecule has 0 atom stereocenters. The molecule has 1 aliphatic rings. The molecule has 0 unspecified atom stereocenters. The fourth-order valence-electron chi connectivity index (χ4n) is 2.72. The van der Waals surface area contributed by atoms with Crippen molar-refractivity contribution in [1.29, 1.82) is 0 Å². The number of anilines is 1. The summed E-state index contributed by atoms with van der Waals surface area (Å²) in [5, 5.41) is 0. The highest BCUT2D eigenvalue weighted by Gasteiger charge is 2.18. The standard InChI is InChI=1S/C17H19F3N4O/c18-14-7-12(25-10-16(19)20)1-2-13(14)15-8-22-9-17(23-15)24-5-3-11(21)4-6-24/h1-2,7-9,11,16H,3-6,10,21H2. The number of rotatable bonds is 5. The van der Waals surface area contributed by atoms with Crippen LogP contribution in [0.25, 0.3) is 11.3 Å². The largest absolute Gasteiger partial charge is 0.488 e. The molecule has 0 amide bonds. The lowest BCUT2D eigenvalue weighted by atomic mass is 10.1. The number of alkyl halides is 2. The van der Waals surface area contributed by atoms with Gasteiger partial charge in [0.2, 0.25) is 0 Å². The second kappa shape index (κ2) is 7.69. The first-order valence-electron chi connectivity index (χ1n) is 8.06. The molecule has 1 aromatic carbocycles. The quantitative estimate of drug-likeness (QED) is 0.896. The lowest BCUT2D eigenvalue weighted by Gasteiger charge is -2.30. The zero-order valence-electron chi connectivity index (χ0n) is 13.5. The maximum atomic E-state index is 14.3. The lowest BCUT2D eigenvalue weighted by Crippen LogP contribution is -2.40. The van der Waals surface area contributed by atoms with E-state index in [1.165, 1.54) is 18.3 Å². The first-order chi connectivity index (χ1) is 12.0. The number of ether oxygens (including phenoxy) is 1. The number of hydrogen-bond acceptors (Lipinski definition) is 5. The molecule has 2 heterocycles. The molecule has 2 N–H and O–H groups in total.